The van der Waals surface area contributed by atoms with Crippen LogP contribution >= 0.6 is 46.4 Å². The Labute approximate surface area is 526 Å². The second kappa shape index (κ2) is 32.3. The van der Waals surface area contributed by atoms with Crippen molar-refractivity contribution in [3.05, 3.63) is 0 Å². The molecule has 0 amide bonds. The predicted octanol–water partition coefficient (Wildman–Crippen LogP) is 23.7. The number of hydrogen-bond acceptors (Lipinski definition) is 4. The normalized spacial score (nSPS) is 41.0. The van der Waals surface area contributed by atoms with Crippen LogP contribution in [0.1, 0.15) is 336 Å². The average Bonchev–Trinajstić information content (AvgIpc) is 3.14. The monoisotopic (exact) mass is 1220 g/mol. The molecule has 4 nitrogen and oxygen atoms in total. The maximum Gasteiger partial charge on any atom is 0.129 e. The molecule has 0 bridgehead atoms. The van der Waals surface area contributed by atoms with Crippen molar-refractivity contribution in [1.29, 1.82) is 0 Å². The van der Waals surface area contributed by atoms with E-state index in [1.54, 1.807) is 0 Å². The highest BCUT2D eigenvalue weighted by atomic mass is 35.5. The van der Waals surface area contributed by atoms with Crippen LogP contribution in [-0.2, 0) is 18.9 Å². The summed E-state index contributed by atoms with van der Waals surface area (Å²) in [5.74, 6) is 7.23. The van der Waals surface area contributed by atoms with E-state index in [4.69, 9.17) is 65.4 Å². The highest BCUT2D eigenvalue weighted by molar-refractivity contribution is 6.50. The number of unbranched alkanes of at least 4 members (excludes halogenated alkanes) is 10. The average molecular weight is 1220 g/mol. The standard InChI is InChI=1S/C38H66Cl2O2.C36H62Cl2O2/c1-3-5-7-9-27-41-34-15-11-30(12-16-34)32-19-23-36(24-20-32)29-37(38(36,39)40)25-21-33(22-26-37)31-13-17-35(18-14-31)42-28-10-8-6-4-2;1-3-5-7-25-39-32-13-9-28(10-14-32)30-17-21-34(22-18-30)27-35(36(34,37)38)23-19-31(20-24-35)29-11-15-33(16-12-29)40-26-8-6-4-2/h30-35H,3-29H2,1-2H3;28-33H,3-27H2,1-2H3/t;28-,29?,30-,31-,32-,33?,34-,35-. The molecule has 10 saturated carbocycles. The summed E-state index contributed by atoms with van der Waals surface area (Å²) in [7, 11) is 0. The molecule has 0 unspecified atom stereocenters. The van der Waals surface area contributed by atoms with Gasteiger partial charge in [0.05, 0.1) is 24.4 Å². The Morgan fingerprint density at radius 3 is 0.622 bits per heavy atom. The van der Waals surface area contributed by atoms with E-state index in [9.17, 15) is 0 Å². The number of hydrogen-bond donors (Lipinski definition) is 0. The molecule has 0 radical (unpaired) electrons. The molecule has 0 atom stereocenters. The van der Waals surface area contributed by atoms with Crippen LogP contribution in [0.25, 0.3) is 0 Å². The number of rotatable bonds is 26. The van der Waals surface area contributed by atoms with Crippen LogP contribution in [0.4, 0.5) is 0 Å². The summed E-state index contributed by atoms with van der Waals surface area (Å²) in [6.07, 6.45) is 65.1. The largest absolute Gasteiger partial charge is 0.378 e. The molecule has 0 aliphatic heterocycles. The molecule has 10 fully saturated rings. The first-order valence-electron chi connectivity index (χ1n) is 37.1. The molecule has 0 aromatic rings. The van der Waals surface area contributed by atoms with Crippen molar-refractivity contribution in [2.24, 2.45) is 69.0 Å². The third kappa shape index (κ3) is 16.2. The van der Waals surface area contributed by atoms with Crippen LogP contribution < -0.4 is 0 Å². The molecule has 0 aromatic carbocycles. The second-order valence-electron chi connectivity index (χ2n) is 31.1. The van der Waals surface area contributed by atoms with Gasteiger partial charge in [0.25, 0.3) is 0 Å². The fourth-order valence-electron chi connectivity index (χ4n) is 20.9. The van der Waals surface area contributed by atoms with Crippen molar-refractivity contribution in [3.63, 3.8) is 0 Å². The molecule has 0 saturated heterocycles. The first kappa shape index (κ1) is 67.4. The minimum absolute atomic E-state index is 0.199. The Balaban J connectivity index is 0.000000198. The summed E-state index contributed by atoms with van der Waals surface area (Å²) in [6, 6.07) is 0. The van der Waals surface area contributed by atoms with Gasteiger partial charge in [0.15, 0.2) is 0 Å². The zero-order valence-corrected chi connectivity index (χ0v) is 56.9. The summed E-state index contributed by atoms with van der Waals surface area (Å²) in [5, 5.41) is 0. The fraction of sp³-hybridized carbons (Fsp3) is 1.00. The van der Waals surface area contributed by atoms with Gasteiger partial charge in [-0.25, -0.2) is 0 Å². The lowest BCUT2D eigenvalue weighted by Gasteiger charge is -2.69. The van der Waals surface area contributed by atoms with E-state index in [0.29, 0.717) is 24.4 Å². The maximum atomic E-state index is 7.47. The fourth-order valence-corrected chi connectivity index (χ4v) is 23.0. The molecular formula is C74H128Cl4O4. The zero-order valence-electron chi connectivity index (χ0n) is 53.8. The summed E-state index contributed by atoms with van der Waals surface area (Å²) < 4.78 is 23.9. The van der Waals surface area contributed by atoms with E-state index in [-0.39, 0.29) is 21.7 Å². The molecule has 10 aliphatic carbocycles. The Hall–Kier alpha value is 1.00. The number of ether oxygens (including phenoxy) is 4. The van der Waals surface area contributed by atoms with Crippen molar-refractivity contribution in [1.82, 2.24) is 0 Å². The van der Waals surface area contributed by atoms with Crippen LogP contribution in [-0.4, -0.2) is 59.5 Å². The van der Waals surface area contributed by atoms with Gasteiger partial charge in [-0.15, -0.1) is 46.4 Å². The maximum absolute atomic E-state index is 7.47. The van der Waals surface area contributed by atoms with Crippen LogP contribution in [0.15, 0.2) is 0 Å². The topological polar surface area (TPSA) is 36.9 Å². The Kier molecular flexibility index (Phi) is 26.6. The van der Waals surface area contributed by atoms with E-state index in [1.807, 2.05) is 0 Å². The van der Waals surface area contributed by atoms with Crippen molar-refractivity contribution < 1.29 is 18.9 Å². The Bertz CT molecular complexity index is 1640. The van der Waals surface area contributed by atoms with Crippen molar-refractivity contribution in [2.45, 2.75) is 369 Å². The molecule has 0 N–H and O–H groups in total. The van der Waals surface area contributed by atoms with Crippen LogP contribution in [0, 0.1) is 69.0 Å². The van der Waals surface area contributed by atoms with Gasteiger partial charge in [0.1, 0.15) is 8.67 Å². The van der Waals surface area contributed by atoms with Gasteiger partial charge in [0.2, 0.25) is 0 Å². The second-order valence-corrected chi connectivity index (χ2v) is 33.8. The van der Waals surface area contributed by atoms with Crippen LogP contribution in [0.3, 0.4) is 0 Å². The minimum atomic E-state index is -0.498. The van der Waals surface area contributed by atoms with Crippen LogP contribution in [0.5, 0.6) is 0 Å². The lowest BCUT2D eigenvalue weighted by atomic mass is 9.42. The highest BCUT2D eigenvalue weighted by Gasteiger charge is 2.73. The Morgan fingerprint density at radius 1 is 0.244 bits per heavy atom. The van der Waals surface area contributed by atoms with Gasteiger partial charge in [-0.1, -0.05) is 91.9 Å². The molecule has 476 valence electrons. The summed E-state index contributed by atoms with van der Waals surface area (Å²) >= 11 is 29.9. The van der Waals surface area contributed by atoms with Crippen molar-refractivity contribution >= 4 is 46.4 Å². The van der Waals surface area contributed by atoms with Gasteiger partial charge in [-0.05, 0) is 291 Å². The molecule has 10 rings (SSSR count). The van der Waals surface area contributed by atoms with E-state index in [2.05, 4.69) is 27.7 Å². The third-order valence-electron chi connectivity index (χ3n) is 26.4. The van der Waals surface area contributed by atoms with Crippen molar-refractivity contribution in [2.75, 3.05) is 26.4 Å². The van der Waals surface area contributed by atoms with Gasteiger partial charge in [-0.2, -0.15) is 0 Å². The van der Waals surface area contributed by atoms with E-state index in [0.717, 1.165) is 73.8 Å². The summed E-state index contributed by atoms with van der Waals surface area (Å²) in [6.45, 7) is 13.0. The molecule has 82 heavy (non-hydrogen) atoms. The SMILES string of the molecule is CCCCCCOC1CCC(C2CCC3(CC2)CC2(CCC(C4CCC(OCCCCCC)CC4)CC2)C3(Cl)Cl)CC1.CCCCCOC1CCC([C@H]2CC[C@]3(CC2)C[C@@]2(CC[C@H]([C@H]4CC[C@H](OCCCCC)CC4)CC2)C3(Cl)Cl)CC1. The van der Waals surface area contributed by atoms with Gasteiger partial charge in [0, 0.05) is 48.1 Å². The third-order valence-corrected chi connectivity index (χ3v) is 29.6. The summed E-state index contributed by atoms with van der Waals surface area (Å²) in [5.41, 5.74) is 0.800. The predicted molar refractivity (Wildman–Crippen MR) is 350 cm³/mol. The molecule has 10 aliphatic rings. The molecule has 0 heterocycles. The quantitative estimate of drug-likeness (QED) is 0.0639. The lowest BCUT2D eigenvalue weighted by molar-refractivity contribution is -0.123. The Morgan fingerprint density at radius 2 is 0.427 bits per heavy atom. The van der Waals surface area contributed by atoms with Crippen LogP contribution in [0.2, 0.25) is 0 Å². The highest BCUT2D eigenvalue weighted by Crippen LogP contribution is 2.79. The smallest absolute Gasteiger partial charge is 0.129 e. The zero-order chi connectivity index (χ0) is 57.5. The van der Waals surface area contributed by atoms with E-state index in [1.165, 1.54) is 308 Å². The first-order valence-corrected chi connectivity index (χ1v) is 38.6. The number of halogens is 4. The van der Waals surface area contributed by atoms with Crippen molar-refractivity contribution in [3.8, 4) is 0 Å². The summed E-state index contributed by atoms with van der Waals surface area (Å²) in [4.78, 5) is 0. The van der Waals surface area contributed by atoms with E-state index < -0.39 is 8.67 Å². The molecule has 8 heteroatoms. The van der Waals surface area contributed by atoms with Gasteiger partial charge in [-0.3, -0.25) is 0 Å². The molecular weight excluding hydrogens is 1090 g/mol. The molecule has 0 aromatic heterocycles. The van der Waals surface area contributed by atoms with Gasteiger partial charge < -0.3 is 18.9 Å². The number of alkyl halides is 4. The van der Waals surface area contributed by atoms with Gasteiger partial charge >= 0.3 is 0 Å². The van der Waals surface area contributed by atoms with E-state index >= 15 is 0 Å². The lowest BCUT2D eigenvalue weighted by Crippen LogP contribution is -2.66. The first-order chi connectivity index (χ1) is 39.8. The molecule has 4 spiro atoms. The minimum Gasteiger partial charge on any atom is -0.378 e.